The number of hydrogen-bond donors (Lipinski definition) is 2. The number of aromatic nitrogens is 2. The summed E-state index contributed by atoms with van der Waals surface area (Å²) in [4.78, 5) is 25.0. The van der Waals surface area contributed by atoms with Crippen LogP contribution in [-0.2, 0) is 16.1 Å². The standard InChI is InChI=1S/C20H34N4O2/c1-14(2)18(22-19(25)17-9-6-5-7-10-17)20(26)21-11-8-12-24-16(4)13-15(3)23-24/h13-14,17-18H,5-12H2,1-4H3,(H,21,26)(H,22,25)/t18-/m0/s1. The fraction of sp³-hybridized carbons (Fsp3) is 0.750. The van der Waals surface area contributed by atoms with Crippen molar-refractivity contribution in [3.8, 4) is 0 Å². The Morgan fingerprint density at radius 1 is 1.23 bits per heavy atom. The Labute approximate surface area is 157 Å². The third-order valence-electron chi connectivity index (χ3n) is 5.17. The Kier molecular flexibility index (Phi) is 7.66. The van der Waals surface area contributed by atoms with Gasteiger partial charge in [0.25, 0.3) is 0 Å². The van der Waals surface area contributed by atoms with E-state index in [0.717, 1.165) is 50.0 Å². The number of rotatable bonds is 8. The summed E-state index contributed by atoms with van der Waals surface area (Å²) in [5.74, 6) is 0.0982. The van der Waals surface area contributed by atoms with E-state index in [4.69, 9.17) is 0 Å². The van der Waals surface area contributed by atoms with Crippen LogP contribution in [0.5, 0.6) is 0 Å². The Morgan fingerprint density at radius 3 is 2.50 bits per heavy atom. The van der Waals surface area contributed by atoms with Crippen LogP contribution in [-0.4, -0.2) is 34.2 Å². The summed E-state index contributed by atoms with van der Waals surface area (Å²) in [6, 6.07) is 1.59. The van der Waals surface area contributed by atoms with E-state index in [0.29, 0.717) is 6.54 Å². The van der Waals surface area contributed by atoms with Crippen LogP contribution in [0.3, 0.4) is 0 Å². The zero-order chi connectivity index (χ0) is 19.1. The number of nitrogens with zero attached hydrogens (tertiary/aromatic N) is 2. The molecular formula is C20H34N4O2. The number of aryl methyl sites for hydroxylation is 3. The topological polar surface area (TPSA) is 76.0 Å². The van der Waals surface area contributed by atoms with Gasteiger partial charge < -0.3 is 10.6 Å². The largest absolute Gasteiger partial charge is 0.354 e. The SMILES string of the molecule is Cc1cc(C)n(CCCNC(=O)[C@@H](NC(=O)C2CCCCC2)C(C)C)n1. The monoisotopic (exact) mass is 362 g/mol. The predicted octanol–water partition coefficient (Wildman–Crippen LogP) is 2.73. The average Bonchev–Trinajstić information content (AvgIpc) is 2.94. The van der Waals surface area contributed by atoms with Gasteiger partial charge in [-0.25, -0.2) is 0 Å². The van der Waals surface area contributed by atoms with Crippen LogP contribution in [0.15, 0.2) is 6.07 Å². The molecule has 0 unspecified atom stereocenters. The van der Waals surface area contributed by atoms with Crippen LogP contribution >= 0.6 is 0 Å². The molecule has 1 saturated carbocycles. The Bertz CT molecular complexity index is 603. The van der Waals surface area contributed by atoms with E-state index in [1.54, 1.807) is 0 Å². The number of amides is 2. The maximum absolute atomic E-state index is 12.5. The molecule has 1 aromatic rings. The van der Waals surface area contributed by atoms with Gasteiger partial charge in [-0.15, -0.1) is 0 Å². The van der Waals surface area contributed by atoms with Crippen LogP contribution in [0.2, 0.25) is 0 Å². The summed E-state index contributed by atoms with van der Waals surface area (Å²) in [6.07, 6.45) is 6.15. The van der Waals surface area contributed by atoms with Gasteiger partial charge in [-0.05, 0) is 45.1 Å². The van der Waals surface area contributed by atoms with Crippen molar-refractivity contribution in [1.82, 2.24) is 20.4 Å². The molecule has 0 bridgehead atoms. The maximum atomic E-state index is 12.5. The number of carbonyl (C=O) groups excluding carboxylic acids is 2. The molecule has 146 valence electrons. The van der Waals surface area contributed by atoms with Gasteiger partial charge in [-0.2, -0.15) is 5.10 Å². The summed E-state index contributed by atoms with van der Waals surface area (Å²) >= 11 is 0. The molecule has 0 radical (unpaired) electrons. The lowest BCUT2D eigenvalue weighted by molar-refractivity contribution is -0.132. The minimum atomic E-state index is -0.460. The van der Waals surface area contributed by atoms with Gasteiger partial charge in [0, 0.05) is 24.7 Å². The van der Waals surface area contributed by atoms with E-state index in [2.05, 4.69) is 15.7 Å². The molecule has 1 aliphatic carbocycles. The smallest absolute Gasteiger partial charge is 0.242 e. The highest BCUT2D eigenvalue weighted by molar-refractivity contribution is 5.88. The third kappa shape index (κ3) is 5.85. The first-order chi connectivity index (χ1) is 12.4. The highest BCUT2D eigenvalue weighted by Gasteiger charge is 2.28. The second-order valence-electron chi connectivity index (χ2n) is 7.86. The minimum Gasteiger partial charge on any atom is -0.354 e. The van der Waals surface area contributed by atoms with E-state index in [9.17, 15) is 9.59 Å². The van der Waals surface area contributed by atoms with Crippen molar-refractivity contribution < 1.29 is 9.59 Å². The average molecular weight is 363 g/mol. The molecular weight excluding hydrogens is 328 g/mol. The zero-order valence-corrected chi connectivity index (χ0v) is 16.7. The van der Waals surface area contributed by atoms with Crippen molar-refractivity contribution in [3.05, 3.63) is 17.5 Å². The molecule has 0 saturated heterocycles. The van der Waals surface area contributed by atoms with Gasteiger partial charge in [-0.3, -0.25) is 14.3 Å². The number of nitrogens with one attached hydrogen (secondary N) is 2. The zero-order valence-electron chi connectivity index (χ0n) is 16.7. The fourth-order valence-corrected chi connectivity index (χ4v) is 3.62. The molecule has 0 aromatic carbocycles. The van der Waals surface area contributed by atoms with Crippen molar-refractivity contribution in [2.75, 3.05) is 6.54 Å². The predicted molar refractivity (Wildman–Crippen MR) is 103 cm³/mol. The summed E-state index contributed by atoms with van der Waals surface area (Å²) in [7, 11) is 0. The highest BCUT2D eigenvalue weighted by Crippen LogP contribution is 2.24. The van der Waals surface area contributed by atoms with Crippen LogP contribution in [0.4, 0.5) is 0 Å². The molecule has 2 rings (SSSR count). The Hall–Kier alpha value is -1.85. The number of carbonyl (C=O) groups is 2. The molecule has 1 aliphatic rings. The molecule has 1 heterocycles. The van der Waals surface area contributed by atoms with Crippen LogP contribution in [0.1, 0.15) is 63.8 Å². The van der Waals surface area contributed by atoms with E-state index < -0.39 is 6.04 Å². The highest BCUT2D eigenvalue weighted by atomic mass is 16.2. The number of hydrogen-bond acceptors (Lipinski definition) is 3. The van der Waals surface area contributed by atoms with Gasteiger partial charge in [0.05, 0.1) is 5.69 Å². The van der Waals surface area contributed by atoms with Gasteiger partial charge in [-0.1, -0.05) is 33.1 Å². The molecule has 0 spiro atoms. The molecule has 6 nitrogen and oxygen atoms in total. The summed E-state index contributed by atoms with van der Waals surface area (Å²) < 4.78 is 1.96. The Morgan fingerprint density at radius 2 is 1.92 bits per heavy atom. The molecule has 1 fully saturated rings. The van der Waals surface area contributed by atoms with Crippen molar-refractivity contribution in [3.63, 3.8) is 0 Å². The third-order valence-corrected chi connectivity index (χ3v) is 5.17. The minimum absolute atomic E-state index is 0.0428. The van der Waals surface area contributed by atoms with Gasteiger partial charge >= 0.3 is 0 Å². The van der Waals surface area contributed by atoms with E-state index in [-0.39, 0.29) is 23.7 Å². The van der Waals surface area contributed by atoms with E-state index in [1.165, 1.54) is 6.42 Å². The fourth-order valence-electron chi connectivity index (χ4n) is 3.62. The summed E-state index contributed by atoms with van der Waals surface area (Å²) in [6.45, 7) is 9.32. The quantitative estimate of drug-likeness (QED) is 0.698. The van der Waals surface area contributed by atoms with Crippen LogP contribution < -0.4 is 10.6 Å². The van der Waals surface area contributed by atoms with Crippen LogP contribution in [0, 0.1) is 25.7 Å². The second-order valence-corrected chi connectivity index (χ2v) is 7.86. The molecule has 1 atom stereocenters. The lowest BCUT2D eigenvalue weighted by atomic mass is 9.88. The molecule has 0 aliphatic heterocycles. The van der Waals surface area contributed by atoms with E-state index >= 15 is 0 Å². The van der Waals surface area contributed by atoms with Gasteiger partial charge in [0.2, 0.25) is 11.8 Å². The van der Waals surface area contributed by atoms with Crippen molar-refractivity contribution in [2.24, 2.45) is 11.8 Å². The maximum Gasteiger partial charge on any atom is 0.242 e. The first-order valence-electron chi connectivity index (χ1n) is 9.97. The van der Waals surface area contributed by atoms with E-state index in [1.807, 2.05) is 38.4 Å². The lowest BCUT2D eigenvalue weighted by Crippen LogP contribution is -2.51. The summed E-state index contributed by atoms with van der Waals surface area (Å²) in [5.41, 5.74) is 2.14. The van der Waals surface area contributed by atoms with Crippen LogP contribution in [0.25, 0.3) is 0 Å². The van der Waals surface area contributed by atoms with Crippen molar-refractivity contribution in [1.29, 1.82) is 0 Å². The Balaban J connectivity index is 1.78. The van der Waals surface area contributed by atoms with Crippen molar-refractivity contribution >= 4 is 11.8 Å². The molecule has 26 heavy (non-hydrogen) atoms. The molecule has 2 N–H and O–H groups in total. The van der Waals surface area contributed by atoms with Gasteiger partial charge in [0.1, 0.15) is 6.04 Å². The summed E-state index contributed by atoms with van der Waals surface area (Å²) in [5, 5.41) is 10.4. The lowest BCUT2D eigenvalue weighted by Gasteiger charge is -2.26. The molecule has 2 amide bonds. The van der Waals surface area contributed by atoms with Gasteiger partial charge in [0.15, 0.2) is 0 Å². The first-order valence-corrected chi connectivity index (χ1v) is 9.97. The molecule has 1 aromatic heterocycles. The first kappa shape index (κ1) is 20.5. The second kappa shape index (κ2) is 9.74. The molecule has 6 heteroatoms. The normalized spacial score (nSPS) is 16.5. The van der Waals surface area contributed by atoms with Crippen molar-refractivity contribution in [2.45, 2.75) is 78.8 Å².